The standard InChI is InChI=1S/C22H34N4O4/c1-29-21-3-4-22(30-16-20(28)15-25-10-5-19(27)6-11-25)18(13-21)14-23-7-2-9-26-12-8-24-17-26/h3-4,8,12-13,17,19-20,23,27-28H,2,5-7,9-11,14-16H2,1H3. The molecule has 1 fully saturated rings. The number of methoxy groups -OCH3 is 1. The van der Waals surface area contributed by atoms with Gasteiger partial charge in [-0.2, -0.15) is 0 Å². The Kier molecular flexibility index (Phi) is 8.95. The van der Waals surface area contributed by atoms with Gasteiger partial charge < -0.3 is 34.5 Å². The van der Waals surface area contributed by atoms with Gasteiger partial charge in [0.05, 0.1) is 19.5 Å². The van der Waals surface area contributed by atoms with Gasteiger partial charge >= 0.3 is 0 Å². The van der Waals surface area contributed by atoms with Gasteiger partial charge in [-0.3, -0.25) is 0 Å². The highest BCUT2D eigenvalue weighted by Gasteiger charge is 2.19. The van der Waals surface area contributed by atoms with Gasteiger partial charge in [0.15, 0.2) is 0 Å². The normalized spacial score (nSPS) is 16.5. The van der Waals surface area contributed by atoms with E-state index in [1.165, 1.54) is 0 Å². The Morgan fingerprint density at radius 1 is 1.30 bits per heavy atom. The van der Waals surface area contributed by atoms with E-state index in [0.29, 0.717) is 13.1 Å². The van der Waals surface area contributed by atoms with Crippen molar-refractivity contribution in [3.05, 3.63) is 42.5 Å². The lowest BCUT2D eigenvalue weighted by molar-refractivity contribution is 0.0336. The molecule has 1 aromatic heterocycles. The molecule has 0 amide bonds. The fourth-order valence-electron chi connectivity index (χ4n) is 3.63. The molecule has 3 N–H and O–H groups in total. The van der Waals surface area contributed by atoms with Crippen LogP contribution in [0.3, 0.4) is 0 Å². The summed E-state index contributed by atoms with van der Waals surface area (Å²) in [6.45, 7) is 4.89. The number of aromatic nitrogens is 2. The van der Waals surface area contributed by atoms with Crippen LogP contribution in [0.1, 0.15) is 24.8 Å². The molecule has 2 aromatic rings. The van der Waals surface area contributed by atoms with Gasteiger partial charge in [-0.15, -0.1) is 0 Å². The Hall–Kier alpha value is -2.13. The molecule has 8 heteroatoms. The first-order chi connectivity index (χ1) is 14.6. The third-order valence-electron chi connectivity index (χ3n) is 5.37. The molecule has 2 heterocycles. The fraction of sp³-hybridized carbons (Fsp3) is 0.591. The zero-order valence-corrected chi connectivity index (χ0v) is 17.7. The average Bonchev–Trinajstić information content (AvgIpc) is 3.27. The van der Waals surface area contributed by atoms with E-state index in [1.807, 2.05) is 30.7 Å². The first-order valence-electron chi connectivity index (χ1n) is 10.7. The number of imidazole rings is 1. The van der Waals surface area contributed by atoms with Crippen LogP contribution in [0.25, 0.3) is 0 Å². The molecule has 1 aliphatic rings. The number of aryl methyl sites for hydroxylation is 1. The van der Waals surface area contributed by atoms with Gasteiger partial charge in [0.2, 0.25) is 0 Å². The van der Waals surface area contributed by atoms with Crippen molar-refractivity contribution in [2.75, 3.05) is 39.9 Å². The number of piperidine rings is 1. The van der Waals surface area contributed by atoms with Crippen molar-refractivity contribution < 1.29 is 19.7 Å². The van der Waals surface area contributed by atoms with Crippen LogP contribution in [0.2, 0.25) is 0 Å². The van der Waals surface area contributed by atoms with Gasteiger partial charge in [0.25, 0.3) is 0 Å². The zero-order valence-electron chi connectivity index (χ0n) is 17.7. The summed E-state index contributed by atoms with van der Waals surface area (Å²) in [7, 11) is 1.65. The zero-order chi connectivity index (χ0) is 21.2. The number of ether oxygens (including phenoxy) is 2. The number of nitrogens with zero attached hydrogens (tertiary/aromatic N) is 3. The quantitative estimate of drug-likeness (QED) is 0.447. The van der Waals surface area contributed by atoms with Crippen molar-refractivity contribution in [1.29, 1.82) is 0 Å². The number of rotatable bonds is 12. The molecule has 8 nitrogen and oxygen atoms in total. The molecule has 0 spiro atoms. The minimum atomic E-state index is -0.571. The average molecular weight is 419 g/mol. The second kappa shape index (κ2) is 11.9. The van der Waals surface area contributed by atoms with E-state index in [4.69, 9.17) is 9.47 Å². The van der Waals surface area contributed by atoms with Gasteiger partial charge in [-0.05, 0) is 44.0 Å². The third-order valence-corrected chi connectivity index (χ3v) is 5.37. The van der Waals surface area contributed by atoms with Crippen molar-refractivity contribution in [1.82, 2.24) is 19.8 Å². The number of likely N-dealkylation sites (tertiary alicyclic amines) is 1. The highest BCUT2D eigenvalue weighted by Crippen LogP contribution is 2.24. The summed E-state index contributed by atoms with van der Waals surface area (Å²) >= 11 is 0. The molecule has 3 rings (SSSR count). The lowest BCUT2D eigenvalue weighted by Crippen LogP contribution is -2.41. The van der Waals surface area contributed by atoms with Crippen molar-refractivity contribution in [3.8, 4) is 11.5 Å². The molecule has 0 radical (unpaired) electrons. The summed E-state index contributed by atoms with van der Waals surface area (Å²) in [5.74, 6) is 1.54. The van der Waals surface area contributed by atoms with E-state index < -0.39 is 6.10 Å². The lowest BCUT2D eigenvalue weighted by Gasteiger charge is -2.31. The van der Waals surface area contributed by atoms with Crippen molar-refractivity contribution in [3.63, 3.8) is 0 Å². The molecule has 0 saturated carbocycles. The monoisotopic (exact) mass is 418 g/mol. The molecule has 1 aliphatic heterocycles. The molecule has 166 valence electrons. The lowest BCUT2D eigenvalue weighted by atomic mass is 10.1. The molecule has 1 saturated heterocycles. The predicted molar refractivity (Wildman–Crippen MR) is 115 cm³/mol. The number of aliphatic hydroxyl groups is 2. The number of benzene rings is 1. The number of nitrogens with one attached hydrogen (secondary N) is 1. The maximum Gasteiger partial charge on any atom is 0.124 e. The molecule has 30 heavy (non-hydrogen) atoms. The maximum atomic E-state index is 10.4. The first kappa shape index (κ1) is 22.6. The van der Waals surface area contributed by atoms with Crippen LogP contribution in [0.4, 0.5) is 0 Å². The SMILES string of the molecule is COc1ccc(OCC(O)CN2CCC(O)CC2)c(CNCCCn2ccnc2)c1. The van der Waals surface area contributed by atoms with E-state index in [9.17, 15) is 10.2 Å². The number of hydrogen-bond acceptors (Lipinski definition) is 7. The molecule has 0 aliphatic carbocycles. The van der Waals surface area contributed by atoms with Gasteiger partial charge in [-0.25, -0.2) is 4.98 Å². The second-order valence-corrected chi connectivity index (χ2v) is 7.80. The molecule has 1 unspecified atom stereocenters. The van der Waals surface area contributed by atoms with Crippen LogP contribution in [-0.2, 0) is 13.1 Å². The minimum Gasteiger partial charge on any atom is -0.497 e. The first-order valence-corrected chi connectivity index (χ1v) is 10.7. The van der Waals surface area contributed by atoms with E-state index in [-0.39, 0.29) is 12.7 Å². The smallest absolute Gasteiger partial charge is 0.124 e. The fourth-order valence-corrected chi connectivity index (χ4v) is 3.63. The third kappa shape index (κ3) is 7.28. The van der Waals surface area contributed by atoms with Crippen LogP contribution < -0.4 is 14.8 Å². The van der Waals surface area contributed by atoms with Crippen LogP contribution in [0.5, 0.6) is 11.5 Å². The highest BCUT2D eigenvalue weighted by atomic mass is 16.5. The largest absolute Gasteiger partial charge is 0.497 e. The Balaban J connectivity index is 1.44. The molecule has 1 atom stereocenters. The summed E-state index contributed by atoms with van der Waals surface area (Å²) in [4.78, 5) is 6.23. The molecular formula is C22H34N4O4. The predicted octanol–water partition coefficient (Wildman–Crippen LogP) is 1.27. The van der Waals surface area contributed by atoms with Crippen molar-refractivity contribution in [2.45, 2.75) is 44.6 Å². The Morgan fingerprint density at radius 3 is 2.87 bits per heavy atom. The van der Waals surface area contributed by atoms with Crippen LogP contribution in [0, 0.1) is 0 Å². The van der Waals surface area contributed by atoms with E-state index in [0.717, 1.165) is 62.5 Å². The Morgan fingerprint density at radius 2 is 2.13 bits per heavy atom. The topological polar surface area (TPSA) is 92.0 Å². The van der Waals surface area contributed by atoms with Crippen LogP contribution in [-0.4, -0.2) is 76.8 Å². The van der Waals surface area contributed by atoms with Crippen molar-refractivity contribution >= 4 is 0 Å². The van der Waals surface area contributed by atoms with E-state index >= 15 is 0 Å². The Bertz CT molecular complexity index is 733. The summed E-state index contributed by atoms with van der Waals surface area (Å²) in [6, 6.07) is 5.73. The number of hydrogen-bond donors (Lipinski definition) is 3. The van der Waals surface area contributed by atoms with E-state index in [2.05, 4.69) is 19.8 Å². The number of aliphatic hydroxyl groups excluding tert-OH is 2. The van der Waals surface area contributed by atoms with Crippen molar-refractivity contribution in [2.24, 2.45) is 0 Å². The summed E-state index contributed by atoms with van der Waals surface area (Å²) in [5, 5.41) is 23.4. The van der Waals surface area contributed by atoms with E-state index in [1.54, 1.807) is 13.3 Å². The van der Waals surface area contributed by atoms with Crippen LogP contribution in [0.15, 0.2) is 36.9 Å². The minimum absolute atomic E-state index is 0.205. The van der Waals surface area contributed by atoms with Gasteiger partial charge in [0, 0.05) is 50.7 Å². The Labute approximate surface area is 178 Å². The molecule has 1 aromatic carbocycles. The summed E-state index contributed by atoms with van der Waals surface area (Å²) < 4.78 is 13.4. The summed E-state index contributed by atoms with van der Waals surface area (Å²) in [6.07, 6.45) is 7.33. The maximum absolute atomic E-state index is 10.4. The highest BCUT2D eigenvalue weighted by molar-refractivity contribution is 5.40. The molecular weight excluding hydrogens is 384 g/mol. The number of β-amino-alcohol motifs (C(OH)–C–C–N with tert-alkyl or cyclic N) is 1. The molecule has 0 bridgehead atoms. The summed E-state index contributed by atoms with van der Waals surface area (Å²) in [5.41, 5.74) is 1.00. The van der Waals surface area contributed by atoms with Crippen LogP contribution >= 0.6 is 0 Å². The second-order valence-electron chi connectivity index (χ2n) is 7.80. The van der Waals surface area contributed by atoms with Gasteiger partial charge in [0.1, 0.15) is 24.2 Å². The van der Waals surface area contributed by atoms with Gasteiger partial charge in [-0.1, -0.05) is 0 Å².